The molecule has 2 aliphatic heterocycles. The molecule has 15 nitrogen and oxygen atoms in total. The number of carbonyl (C=O) groups is 1. The third-order valence-electron chi connectivity index (χ3n) is 10.8. The van der Waals surface area contributed by atoms with Crippen LogP contribution in [0.4, 0.5) is 0 Å². The molecule has 2 fully saturated rings. The van der Waals surface area contributed by atoms with Gasteiger partial charge in [-0.3, -0.25) is 4.79 Å². The van der Waals surface area contributed by atoms with Gasteiger partial charge in [0.15, 0.2) is 6.29 Å². The van der Waals surface area contributed by atoms with E-state index >= 15 is 0 Å². The maximum Gasteiger partial charge on any atom is 0.229 e. The first kappa shape index (κ1) is 45.3. The van der Waals surface area contributed by atoms with E-state index in [4.69, 9.17) is 18.9 Å². The van der Waals surface area contributed by atoms with E-state index in [9.17, 15) is 45.6 Å². The average molecular weight is 783 g/mol. The summed E-state index contributed by atoms with van der Waals surface area (Å²) in [5.41, 5.74) is 1.78. The highest BCUT2D eigenvalue weighted by Gasteiger charge is 2.48. The van der Waals surface area contributed by atoms with Gasteiger partial charge in [0.2, 0.25) is 12.2 Å². The molecule has 314 valence electrons. The molecule has 3 heterocycles. The zero-order chi connectivity index (χ0) is 39.7. The number of hydrogen-bond acceptors (Lipinski definition) is 13. The van der Waals surface area contributed by atoms with Crippen LogP contribution in [0.5, 0.6) is 5.75 Å². The number of amides is 1. The largest absolute Gasteiger partial charge is 0.462 e. The van der Waals surface area contributed by atoms with Crippen LogP contribution in [0.25, 0.3) is 10.9 Å². The Balaban J connectivity index is 1.13. The van der Waals surface area contributed by atoms with E-state index in [0.717, 1.165) is 55.0 Å². The van der Waals surface area contributed by atoms with Crippen molar-refractivity contribution in [2.75, 3.05) is 19.8 Å². The summed E-state index contributed by atoms with van der Waals surface area (Å²) in [6.45, 7) is 1.38. The summed E-state index contributed by atoms with van der Waals surface area (Å²) in [5, 5.41) is 84.9. The second-order valence-corrected chi connectivity index (χ2v) is 15.1. The zero-order valence-corrected chi connectivity index (χ0v) is 32.2. The minimum atomic E-state index is -1.68. The summed E-state index contributed by atoms with van der Waals surface area (Å²) in [6, 6.07) is 5.19. The number of aromatic nitrogens is 1. The highest BCUT2D eigenvalue weighted by molar-refractivity contribution is 5.84. The molecule has 11 atom stereocenters. The summed E-state index contributed by atoms with van der Waals surface area (Å²) < 4.78 is 22.5. The summed E-state index contributed by atoms with van der Waals surface area (Å²) in [6.07, 6.45) is 3.68. The van der Waals surface area contributed by atoms with Crippen LogP contribution in [0.3, 0.4) is 0 Å². The molecule has 2 aromatic rings. The topological polar surface area (TPSA) is 244 Å². The predicted molar refractivity (Wildman–Crippen MR) is 203 cm³/mol. The molecule has 4 rings (SSSR count). The Labute approximate surface area is 324 Å². The Morgan fingerprint density at radius 2 is 1.36 bits per heavy atom. The van der Waals surface area contributed by atoms with Crippen molar-refractivity contribution in [3.63, 3.8) is 0 Å². The van der Waals surface area contributed by atoms with Crippen molar-refractivity contribution in [2.45, 2.75) is 177 Å². The van der Waals surface area contributed by atoms with Gasteiger partial charge in [-0.2, -0.15) is 0 Å². The molecule has 2 aliphatic rings. The lowest BCUT2D eigenvalue weighted by atomic mass is 9.98. The predicted octanol–water partition coefficient (Wildman–Crippen LogP) is 2.06. The molecule has 0 spiro atoms. The quantitative estimate of drug-likeness (QED) is 0.0650. The van der Waals surface area contributed by atoms with E-state index < -0.39 is 74.6 Å². The molecule has 1 amide bonds. The lowest BCUT2D eigenvalue weighted by Gasteiger charge is -2.42. The van der Waals surface area contributed by atoms with Gasteiger partial charge in [0.1, 0.15) is 54.6 Å². The number of fused-ring (bicyclic) bond motifs is 1. The molecular formula is C40H66N2O13. The van der Waals surface area contributed by atoms with E-state index in [1.807, 2.05) is 13.1 Å². The van der Waals surface area contributed by atoms with Gasteiger partial charge in [-0.25, -0.2) is 0 Å². The van der Waals surface area contributed by atoms with Crippen molar-refractivity contribution in [2.24, 2.45) is 0 Å². The van der Waals surface area contributed by atoms with Gasteiger partial charge in [0.25, 0.3) is 0 Å². The van der Waals surface area contributed by atoms with Crippen molar-refractivity contribution < 1.29 is 64.6 Å². The molecule has 1 aromatic heterocycles. The Morgan fingerprint density at radius 1 is 0.782 bits per heavy atom. The van der Waals surface area contributed by atoms with Crippen LogP contribution in [0.2, 0.25) is 0 Å². The van der Waals surface area contributed by atoms with E-state index in [2.05, 4.69) is 10.3 Å². The minimum Gasteiger partial charge on any atom is -0.462 e. The SMILES string of the molecule is CCC(O)CCCCCCCCCCCCCCC(=O)NCCc1c[nH]c2ccc(O[C@H]3OC(CO[C@H]4OC(CO)[C@@H](O)C(O)C4O)[C@@H](O)C(O)C3O)cc12. The molecular weight excluding hydrogens is 716 g/mol. The van der Waals surface area contributed by atoms with Gasteiger partial charge < -0.3 is 70.1 Å². The number of ether oxygens (including phenoxy) is 4. The molecule has 0 bridgehead atoms. The summed E-state index contributed by atoms with van der Waals surface area (Å²) in [4.78, 5) is 15.7. The monoisotopic (exact) mass is 782 g/mol. The molecule has 2 saturated heterocycles. The fourth-order valence-corrected chi connectivity index (χ4v) is 7.18. The Morgan fingerprint density at radius 3 is 2.00 bits per heavy atom. The highest BCUT2D eigenvalue weighted by atomic mass is 16.7. The molecule has 10 N–H and O–H groups in total. The van der Waals surface area contributed by atoms with Crippen LogP contribution in [0.15, 0.2) is 24.4 Å². The van der Waals surface area contributed by atoms with Crippen molar-refractivity contribution >= 4 is 16.8 Å². The molecule has 7 unspecified atom stereocenters. The molecule has 1 aromatic carbocycles. The van der Waals surface area contributed by atoms with Gasteiger partial charge in [0.05, 0.1) is 19.3 Å². The lowest BCUT2D eigenvalue weighted by Crippen LogP contribution is -2.62. The van der Waals surface area contributed by atoms with Gasteiger partial charge in [0, 0.05) is 30.1 Å². The number of benzene rings is 1. The van der Waals surface area contributed by atoms with Gasteiger partial charge in [-0.1, -0.05) is 77.6 Å². The number of hydrogen-bond donors (Lipinski definition) is 10. The van der Waals surface area contributed by atoms with Crippen LogP contribution in [0.1, 0.15) is 109 Å². The number of rotatable bonds is 25. The first-order valence-corrected chi connectivity index (χ1v) is 20.4. The Hall–Kier alpha value is -2.41. The fraction of sp³-hybridized carbons (Fsp3) is 0.775. The zero-order valence-electron chi connectivity index (χ0n) is 32.2. The van der Waals surface area contributed by atoms with Crippen LogP contribution >= 0.6 is 0 Å². The lowest BCUT2D eigenvalue weighted by molar-refractivity contribution is -0.323. The second-order valence-electron chi connectivity index (χ2n) is 15.1. The minimum absolute atomic E-state index is 0.0299. The number of aliphatic hydroxyl groups excluding tert-OH is 8. The maximum absolute atomic E-state index is 12.5. The number of carbonyl (C=O) groups excluding carboxylic acids is 1. The summed E-state index contributed by atoms with van der Waals surface area (Å²) in [5.74, 6) is 0.344. The number of nitrogens with one attached hydrogen (secondary N) is 2. The third kappa shape index (κ3) is 13.9. The maximum atomic E-state index is 12.5. The second kappa shape index (κ2) is 23.7. The van der Waals surface area contributed by atoms with Gasteiger partial charge >= 0.3 is 0 Å². The standard InChI is InChI=1S/C40H66N2O13/c1-2-26(44)15-13-11-9-7-5-3-4-6-8-10-12-14-16-32(45)41-20-19-25-22-42-29-18-17-27(21-28(25)29)53-40-38(51)36(49)34(47)31(55-40)24-52-39-37(50)35(48)33(46)30(23-43)54-39/h17-18,21-22,26,30-31,33-40,42-44,46-51H,2-16,19-20,23-24H2,1H3,(H,41,45)/t26?,30?,31?,33-,34-,35?,36?,37?,38?,39+,40+/m1/s1. The Kier molecular flexibility index (Phi) is 19.5. The van der Waals surface area contributed by atoms with Gasteiger partial charge in [-0.15, -0.1) is 0 Å². The number of aliphatic hydroxyl groups is 8. The number of aromatic amines is 1. The van der Waals surface area contributed by atoms with Crippen molar-refractivity contribution in [1.82, 2.24) is 10.3 Å². The third-order valence-corrected chi connectivity index (χ3v) is 10.8. The van der Waals surface area contributed by atoms with E-state index in [1.54, 1.807) is 18.2 Å². The summed E-state index contributed by atoms with van der Waals surface area (Å²) in [7, 11) is 0. The van der Waals surface area contributed by atoms with Crippen LogP contribution in [0, 0.1) is 0 Å². The summed E-state index contributed by atoms with van der Waals surface area (Å²) >= 11 is 0. The van der Waals surface area contributed by atoms with Crippen molar-refractivity contribution in [3.05, 3.63) is 30.0 Å². The highest BCUT2D eigenvalue weighted by Crippen LogP contribution is 2.30. The number of unbranched alkanes of at least 4 members (excludes halogenated alkanes) is 11. The molecule has 0 aliphatic carbocycles. The Bertz CT molecular complexity index is 1380. The van der Waals surface area contributed by atoms with Crippen LogP contribution in [-0.2, 0) is 25.4 Å². The van der Waals surface area contributed by atoms with E-state index in [1.165, 1.54) is 51.4 Å². The van der Waals surface area contributed by atoms with E-state index in [-0.39, 0.29) is 12.0 Å². The van der Waals surface area contributed by atoms with E-state index in [0.29, 0.717) is 25.1 Å². The smallest absolute Gasteiger partial charge is 0.229 e. The first-order chi connectivity index (χ1) is 26.5. The normalized spacial score (nSPS) is 29.0. The molecule has 55 heavy (non-hydrogen) atoms. The molecule has 15 heteroatoms. The van der Waals surface area contributed by atoms with Crippen LogP contribution < -0.4 is 10.1 Å². The van der Waals surface area contributed by atoms with Crippen molar-refractivity contribution in [3.8, 4) is 5.75 Å². The first-order valence-electron chi connectivity index (χ1n) is 20.4. The van der Waals surface area contributed by atoms with Gasteiger partial charge in [-0.05, 0) is 49.4 Å². The average Bonchev–Trinajstić information content (AvgIpc) is 3.59. The van der Waals surface area contributed by atoms with Crippen LogP contribution in [-0.4, -0.2) is 139 Å². The fourth-order valence-electron chi connectivity index (χ4n) is 7.18. The van der Waals surface area contributed by atoms with Crippen molar-refractivity contribution in [1.29, 1.82) is 0 Å². The molecule has 0 radical (unpaired) electrons. The number of H-pyrrole nitrogens is 1. The molecule has 0 saturated carbocycles.